The van der Waals surface area contributed by atoms with Crippen LogP contribution in [-0.2, 0) is 33.2 Å². The van der Waals surface area contributed by atoms with Crippen molar-refractivity contribution in [1.82, 2.24) is 0 Å². The molecular weight excluding hydrogens is 328 g/mol. The molecule has 1 heterocycles. The lowest BCUT2D eigenvalue weighted by Gasteiger charge is -2.22. The van der Waals surface area contributed by atoms with E-state index in [9.17, 15) is 14.4 Å². The van der Waals surface area contributed by atoms with Gasteiger partial charge in [0.2, 0.25) is 0 Å². The summed E-state index contributed by atoms with van der Waals surface area (Å²) >= 11 is 0. The molecule has 1 fully saturated rings. The van der Waals surface area contributed by atoms with Crippen LogP contribution in [0.1, 0.15) is 20.8 Å². The Morgan fingerprint density at radius 2 is 1.38 bits per heavy atom. The average molecular weight is 350 g/mol. The van der Waals surface area contributed by atoms with Crippen molar-refractivity contribution in [2.45, 2.75) is 39.1 Å². The summed E-state index contributed by atoms with van der Waals surface area (Å²) in [6.07, 6.45) is -5.52. The molecular formula is C14H22O10. The second-order valence-electron chi connectivity index (χ2n) is 4.47. The third-order valence-electron chi connectivity index (χ3n) is 2.84. The minimum atomic E-state index is -1.01. The predicted octanol–water partition coefficient (Wildman–Crippen LogP) is 1.64. The van der Waals surface area contributed by atoms with E-state index in [4.69, 9.17) is 23.7 Å². The monoisotopic (exact) mass is 350 g/mol. The van der Waals surface area contributed by atoms with Gasteiger partial charge in [0.15, 0.2) is 12.2 Å². The van der Waals surface area contributed by atoms with E-state index < -0.39 is 36.8 Å². The molecule has 24 heavy (non-hydrogen) atoms. The van der Waals surface area contributed by atoms with Gasteiger partial charge < -0.3 is 33.2 Å². The summed E-state index contributed by atoms with van der Waals surface area (Å²) in [6.45, 7) is 4.95. The second-order valence-corrected chi connectivity index (χ2v) is 4.47. The first-order chi connectivity index (χ1) is 11.5. The van der Waals surface area contributed by atoms with Gasteiger partial charge in [-0.1, -0.05) is 0 Å². The second kappa shape index (κ2) is 10.5. The molecule has 138 valence electrons. The summed E-state index contributed by atoms with van der Waals surface area (Å²) < 4.78 is 34.3. The van der Waals surface area contributed by atoms with Gasteiger partial charge in [-0.2, -0.15) is 0 Å². The fraction of sp³-hybridized carbons (Fsp3) is 0.786. The molecule has 0 aromatic rings. The quantitative estimate of drug-likeness (QED) is 0.495. The molecule has 1 aliphatic rings. The molecule has 0 aromatic carbocycles. The van der Waals surface area contributed by atoms with Crippen LogP contribution in [-0.4, -0.2) is 69.8 Å². The zero-order chi connectivity index (χ0) is 17.9. The Kier molecular flexibility index (Phi) is 8.69. The van der Waals surface area contributed by atoms with Crippen molar-refractivity contribution in [1.29, 1.82) is 0 Å². The van der Waals surface area contributed by atoms with Crippen LogP contribution in [0.5, 0.6) is 0 Å². The lowest BCUT2D eigenvalue weighted by Crippen LogP contribution is -2.40. The van der Waals surface area contributed by atoms with Gasteiger partial charge in [0, 0.05) is 0 Å². The molecule has 1 aliphatic heterocycles. The average Bonchev–Trinajstić information content (AvgIpc) is 2.88. The Balaban J connectivity index is 2.65. The van der Waals surface area contributed by atoms with Gasteiger partial charge in [-0.3, -0.25) is 0 Å². The zero-order valence-corrected chi connectivity index (χ0v) is 13.9. The van der Waals surface area contributed by atoms with Gasteiger partial charge >= 0.3 is 18.5 Å². The highest BCUT2D eigenvalue weighted by atomic mass is 16.8. The molecule has 0 bridgehead atoms. The number of hydrogen-bond acceptors (Lipinski definition) is 10. The van der Waals surface area contributed by atoms with Crippen LogP contribution in [0, 0.1) is 0 Å². The van der Waals surface area contributed by atoms with Gasteiger partial charge in [0.25, 0.3) is 0 Å². The largest absolute Gasteiger partial charge is 0.508 e. The molecule has 0 radical (unpaired) electrons. The Hall–Kier alpha value is -2.23. The summed E-state index contributed by atoms with van der Waals surface area (Å²) in [5.41, 5.74) is 0. The summed E-state index contributed by atoms with van der Waals surface area (Å²) in [6, 6.07) is 0. The lowest BCUT2D eigenvalue weighted by atomic mass is 10.1. The fourth-order valence-electron chi connectivity index (χ4n) is 1.89. The fourth-order valence-corrected chi connectivity index (χ4v) is 1.89. The number of carbonyl (C=O) groups is 3. The van der Waals surface area contributed by atoms with Gasteiger partial charge in [-0.15, -0.1) is 0 Å². The summed E-state index contributed by atoms with van der Waals surface area (Å²) in [7, 11) is 0. The summed E-state index contributed by atoms with van der Waals surface area (Å²) in [5, 5.41) is 0. The normalized spacial score (nSPS) is 22.4. The number of ether oxygens (including phenoxy) is 7. The number of hydrogen-bond donors (Lipinski definition) is 0. The number of carbonyl (C=O) groups excluding carboxylic acids is 3. The van der Waals surface area contributed by atoms with E-state index in [2.05, 4.69) is 9.47 Å². The molecule has 0 aliphatic carbocycles. The summed E-state index contributed by atoms with van der Waals surface area (Å²) in [4.78, 5) is 34.2. The molecule has 0 saturated carbocycles. The Bertz CT molecular complexity index is 424. The van der Waals surface area contributed by atoms with Crippen molar-refractivity contribution in [2.75, 3.05) is 33.0 Å². The molecule has 3 unspecified atom stereocenters. The molecule has 0 aromatic heterocycles. The highest BCUT2D eigenvalue weighted by Gasteiger charge is 2.44. The topological polar surface area (TPSA) is 116 Å². The highest BCUT2D eigenvalue weighted by Crippen LogP contribution is 2.22. The van der Waals surface area contributed by atoms with Crippen molar-refractivity contribution < 1.29 is 47.5 Å². The highest BCUT2D eigenvalue weighted by molar-refractivity contribution is 5.62. The Morgan fingerprint density at radius 3 is 1.96 bits per heavy atom. The predicted molar refractivity (Wildman–Crippen MR) is 76.5 cm³/mol. The van der Waals surface area contributed by atoms with E-state index in [1.165, 1.54) is 0 Å². The SMILES string of the molecule is CCOC(=O)OCC1OCC(OC(=O)OCC)C1OC(=O)OCC. The standard InChI is InChI=1S/C14H22O10/c1-4-18-12(15)22-7-9-11(24-14(17)20-6-3)10(8-21-9)23-13(16)19-5-2/h9-11H,4-8H2,1-3H3. The molecule has 0 N–H and O–H groups in total. The van der Waals surface area contributed by atoms with E-state index in [0.29, 0.717) is 0 Å². The van der Waals surface area contributed by atoms with E-state index in [1.54, 1.807) is 20.8 Å². The lowest BCUT2D eigenvalue weighted by molar-refractivity contribution is -0.0600. The first-order valence-corrected chi connectivity index (χ1v) is 7.59. The molecule has 1 rings (SSSR count). The van der Waals surface area contributed by atoms with Crippen LogP contribution in [0.2, 0.25) is 0 Å². The number of rotatable bonds is 7. The Labute approximate surface area is 139 Å². The van der Waals surface area contributed by atoms with Crippen molar-refractivity contribution in [3.63, 3.8) is 0 Å². The Morgan fingerprint density at radius 1 is 0.833 bits per heavy atom. The minimum Gasteiger partial charge on any atom is -0.435 e. The van der Waals surface area contributed by atoms with Crippen LogP contribution >= 0.6 is 0 Å². The minimum absolute atomic E-state index is 0.0558. The van der Waals surface area contributed by atoms with Gasteiger partial charge in [-0.05, 0) is 20.8 Å². The van der Waals surface area contributed by atoms with E-state index in [0.717, 1.165) is 0 Å². The summed E-state index contributed by atoms with van der Waals surface area (Å²) in [5.74, 6) is 0. The van der Waals surface area contributed by atoms with E-state index in [1.807, 2.05) is 0 Å². The van der Waals surface area contributed by atoms with Crippen molar-refractivity contribution in [2.24, 2.45) is 0 Å². The molecule has 0 amide bonds. The van der Waals surface area contributed by atoms with E-state index >= 15 is 0 Å². The molecule has 10 nitrogen and oxygen atoms in total. The maximum Gasteiger partial charge on any atom is 0.508 e. The van der Waals surface area contributed by atoms with Crippen LogP contribution < -0.4 is 0 Å². The molecule has 3 atom stereocenters. The van der Waals surface area contributed by atoms with E-state index in [-0.39, 0.29) is 33.0 Å². The van der Waals surface area contributed by atoms with Gasteiger partial charge in [-0.25, -0.2) is 14.4 Å². The van der Waals surface area contributed by atoms with Crippen molar-refractivity contribution in [3.05, 3.63) is 0 Å². The molecule has 1 saturated heterocycles. The smallest absolute Gasteiger partial charge is 0.435 e. The van der Waals surface area contributed by atoms with Gasteiger partial charge in [0.1, 0.15) is 12.7 Å². The van der Waals surface area contributed by atoms with Crippen molar-refractivity contribution in [3.8, 4) is 0 Å². The maximum absolute atomic E-state index is 11.5. The van der Waals surface area contributed by atoms with Crippen LogP contribution in [0.3, 0.4) is 0 Å². The zero-order valence-electron chi connectivity index (χ0n) is 13.9. The third-order valence-corrected chi connectivity index (χ3v) is 2.84. The van der Waals surface area contributed by atoms with Crippen LogP contribution in [0.4, 0.5) is 14.4 Å². The van der Waals surface area contributed by atoms with Crippen LogP contribution in [0.15, 0.2) is 0 Å². The van der Waals surface area contributed by atoms with Crippen molar-refractivity contribution >= 4 is 18.5 Å². The van der Waals surface area contributed by atoms with Gasteiger partial charge in [0.05, 0.1) is 26.4 Å². The third kappa shape index (κ3) is 6.49. The van der Waals surface area contributed by atoms with Crippen LogP contribution in [0.25, 0.3) is 0 Å². The maximum atomic E-state index is 11.5. The first kappa shape index (κ1) is 19.8. The molecule has 10 heteroatoms. The first-order valence-electron chi connectivity index (χ1n) is 7.59. The molecule has 0 spiro atoms.